The molecular formula is C18H18FN3O5S. The minimum absolute atomic E-state index is 0.202. The van der Waals surface area contributed by atoms with Gasteiger partial charge in [0.1, 0.15) is 5.00 Å². The molecule has 0 bridgehead atoms. The van der Waals surface area contributed by atoms with E-state index < -0.39 is 28.3 Å². The van der Waals surface area contributed by atoms with Crippen molar-refractivity contribution in [3.8, 4) is 0 Å². The quantitative estimate of drug-likeness (QED) is 0.431. The first-order valence-corrected chi connectivity index (χ1v) is 9.43. The highest BCUT2D eigenvalue weighted by Crippen LogP contribution is 2.38. The molecule has 0 unspecified atom stereocenters. The fourth-order valence-corrected chi connectivity index (χ4v) is 4.38. The molecule has 2 N–H and O–H groups in total. The second-order valence-corrected chi connectivity index (χ2v) is 7.34. The van der Waals surface area contributed by atoms with Gasteiger partial charge >= 0.3 is 11.7 Å². The zero-order chi connectivity index (χ0) is 20.3. The fourth-order valence-electron chi connectivity index (χ4n) is 3.09. The monoisotopic (exact) mass is 407 g/mol. The number of esters is 1. The molecule has 10 heteroatoms. The van der Waals surface area contributed by atoms with Crippen LogP contribution in [0.25, 0.3) is 0 Å². The number of nitro groups is 1. The lowest BCUT2D eigenvalue weighted by molar-refractivity contribution is -0.387. The maximum atomic E-state index is 13.4. The minimum atomic E-state index is -0.952. The average Bonchev–Trinajstić information content (AvgIpc) is 3.04. The summed E-state index contributed by atoms with van der Waals surface area (Å²) in [5.41, 5.74) is 0.889. The maximum Gasteiger partial charge on any atom is 0.341 e. The highest BCUT2D eigenvalue weighted by atomic mass is 32.1. The number of anilines is 2. The number of carbonyl (C=O) groups is 2. The lowest BCUT2D eigenvalue weighted by Gasteiger charge is -2.12. The Morgan fingerprint density at radius 2 is 2.07 bits per heavy atom. The summed E-state index contributed by atoms with van der Waals surface area (Å²) in [5, 5.41) is 16.7. The maximum absolute atomic E-state index is 13.4. The third-order valence-electron chi connectivity index (χ3n) is 4.41. The van der Waals surface area contributed by atoms with E-state index >= 15 is 0 Å². The molecule has 0 spiro atoms. The van der Waals surface area contributed by atoms with E-state index in [1.54, 1.807) is 0 Å². The van der Waals surface area contributed by atoms with E-state index in [4.69, 9.17) is 4.74 Å². The van der Waals surface area contributed by atoms with Crippen LogP contribution in [0, 0.1) is 15.9 Å². The van der Waals surface area contributed by atoms with Gasteiger partial charge in [0, 0.05) is 16.6 Å². The minimum Gasteiger partial charge on any atom is -0.465 e. The van der Waals surface area contributed by atoms with Crippen molar-refractivity contribution in [1.82, 2.24) is 0 Å². The number of ether oxygens (including phenoxy) is 1. The summed E-state index contributed by atoms with van der Waals surface area (Å²) >= 11 is 1.36. The largest absolute Gasteiger partial charge is 0.465 e. The second-order valence-electron chi connectivity index (χ2n) is 6.23. The summed E-state index contributed by atoms with van der Waals surface area (Å²) in [4.78, 5) is 35.5. The first kappa shape index (κ1) is 19.7. The average molecular weight is 407 g/mol. The Morgan fingerprint density at radius 1 is 1.32 bits per heavy atom. The van der Waals surface area contributed by atoms with Crippen molar-refractivity contribution < 1.29 is 23.6 Å². The number of aryl methyl sites for hydroxylation is 1. The van der Waals surface area contributed by atoms with Gasteiger partial charge in [-0.3, -0.25) is 14.9 Å². The standard InChI is InChI=1S/C18H18FN3O5S/c1-27-18(24)16-11-4-2-3-5-14(11)28-17(16)21-15(23)9-20-10-6-7-12(19)13(8-10)22(25)26/h6-8,20H,2-5,9H2,1H3,(H,21,23). The van der Waals surface area contributed by atoms with Crippen LogP contribution in [0.4, 0.5) is 20.8 Å². The Labute approximate surface area is 163 Å². The predicted octanol–water partition coefficient (Wildman–Crippen LogP) is 3.51. The van der Waals surface area contributed by atoms with Gasteiger partial charge in [-0.2, -0.15) is 4.39 Å². The van der Waals surface area contributed by atoms with Crippen LogP contribution < -0.4 is 10.6 Å². The molecule has 0 atom stereocenters. The predicted molar refractivity (Wildman–Crippen MR) is 102 cm³/mol. The number of halogens is 1. The number of hydrogen-bond acceptors (Lipinski definition) is 7. The van der Waals surface area contributed by atoms with Crippen molar-refractivity contribution in [3.05, 3.63) is 50.1 Å². The fraction of sp³-hybridized carbons (Fsp3) is 0.333. The third kappa shape index (κ3) is 4.11. The molecule has 0 fully saturated rings. The number of methoxy groups -OCH3 is 1. The zero-order valence-electron chi connectivity index (χ0n) is 15.0. The topological polar surface area (TPSA) is 111 Å². The molecule has 1 heterocycles. The van der Waals surface area contributed by atoms with Crippen LogP contribution in [0.2, 0.25) is 0 Å². The summed E-state index contributed by atoms with van der Waals surface area (Å²) in [5.74, 6) is -1.88. The lowest BCUT2D eigenvalue weighted by atomic mass is 9.95. The van der Waals surface area contributed by atoms with E-state index in [1.165, 1.54) is 24.5 Å². The zero-order valence-corrected chi connectivity index (χ0v) is 15.9. The van der Waals surface area contributed by atoms with Crippen LogP contribution in [-0.4, -0.2) is 30.5 Å². The number of fused-ring (bicyclic) bond motifs is 1. The molecule has 28 heavy (non-hydrogen) atoms. The Bertz CT molecular complexity index is 944. The van der Waals surface area contributed by atoms with Crippen LogP contribution in [-0.2, 0) is 22.4 Å². The number of amides is 1. The SMILES string of the molecule is COC(=O)c1c(NC(=O)CNc2ccc(F)c([N+](=O)[O-])c2)sc2c1CCCC2. The van der Waals surface area contributed by atoms with Gasteiger partial charge in [0.05, 0.1) is 24.1 Å². The van der Waals surface area contributed by atoms with E-state index in [1.807, 2.05) is 0 Å². The number of hydrogen-bond donors (Lipinski definition) is 2. The van der Waals surface area contributed by atoms with E-state index in [0.29, 0.717) is 10.6 Å². The molecule has 0 saturated heterocycles. The molecule has 0 radical (unpaired) electrons. The molecule has 1 aliphatic rings. The molecule has 1 amide bonds. The number of rotatable bonds is 6. The summed E-state index contributed by atoms with van der Waals surface area (Å²) < 4.78 is 18.2. The van der Waals surface area contributed by atoms with Crippen LogP contribution >= 0.6 is 11.3 Å². The molecular weight excluding hydrogens is 389 g/mol. The molecule has 3 rings (SSSR count). The number of benzene rings is 1. The Hall–Kier alpha value is -3.01. The Kier molecular flexibility index (Phi) is 5.88. The van der Waals surface area contributed by atoms with Crippen molar-refractivity contribution >= 4 is 39.6 Å². The van der Waals surface area contributed by atoms with Gasteiger partial charge < -0.3 is 15.4 Å². The number of carbonyl (C=O) groups excluding carboxylic acids is 2. The van der Waals surface area contributed by atoms with Gasteiger partial charge in [0.25, 0.3) is 0 Å². The Balaban J connectivity index is 1.72. The normalized spacial score (nSPS) is 12.8. The van der Waals surface area contributed by atoms with Gasteiger partial charge in [-0.25, -0.2) is 4.79 Å². The number of nitrogens with one attached hydrogen (secondary N) is 2. The number of nitrogens with zero attached hydrogens (tertiary/aromatic N) is 1. The van der Waals surface area contributed by atoms with E-state index in [2.05, 4.69) is 10.6 Å². The van der Waals surface area contributed by atoms with E-state index in [-0.39, 0.29) is 12.2 Å². The first-order chi connectivity index (χ1) is 13.4. The molecule has 148 valence electrons. The van der Waals surface area contributed by atoms with Crippen LogP contribution in [0.3, 0.4) is 0 Å². The number of thiophene rings is 1. The molecule has 8 nitrogen and oxygen atoms in total. The van der Waals surface area contributed by atoms with Crippen molar-refractivity contribution in [1.29, 1.82) is 0 Å². The van der Waals surface area contributed by atoms with E-state index in [9.17, 15) is 24.1 Å². The van der Waals surface area contributed by atoms with Crippen molar-refractivity contribution in [2.24, 2.45) is 0 Å². The van der Waals surface area contributed by atoms with Crippen LogP contribution in [0.1, 0.15) is 33.6 Å². The molecule has 1 aliphatic carbocycles. The first-order valence-electron chi connectivity index (χ1n) is 8.61. The molecule has 0 aliphatic heterocycles. The molecule has 2 aromatic rings. The molecule has 1 aromatic carbocycles. The number of nitro benzene ring substituents is 1. The Morgan fingerprint density at radius 3 is 2.79 bits per heavy atom. The van der Waals surface area contributed by atoms with Crippen LogP contribution in [0.5, 0.6) is 0 Å². The second kappa shape index (κ2) is 8.34. The molecule has 0 saturated carbocycles. The highest BCUT2D eigenvalue weighted by Gasteiger charge is 2.26. The van der Waals surface area contributed by atoms with Crippen molar-refractivity contribution in [2.45, 2.75) is 25.7 Å². The van der Waals surface area contributed by atoms with Crippen molar-refractivity contribution in [3.63, 3.8) is 0 Å². The summed E-state index contributed by atoms with van der Waals surface area (Å²) in [6.07, 6.45) is 3.64. The highest BCUT2D eigenvalue weighted by molar-refractivity contribution is 7.17. The summed E-state index contributed by atoms with van der Waals surface area (Å²) in [6.45, 7) is -0.202. The van der Waals surface area contributed by atoms with Gasteiger partial charge in [-0.05, 0) is 43.4 Å². The van der Waals surface area contributed by atoms with Gasteiger partial charge in [0.15, 0.2) is 0 Å². The van der Waals surface area contributed by atoms with Crippen molar-refractivity contribution in [2.75, 3.05) is 24.3 Å². The van der Waals surface area contributed by atoms with Crippen LogP contribution in [0.15, 0.2) is 18.2 Å². The smallest absolute Gasteiger partial charge is 0.341 e. The summed E-state index contributed by atoms with van der Waals surface area (Å²) in [7, 11) is 1.30. The summed E-state index contributed by atoms with van der Waals surface area (Å²) in [6, 6.07) is 3.28. The van der Waals surface area contributed by atoms with Gasteiger partial charge in [-0.15, -0.1) is 11.3 Å². The van der Waals surface area contributed by atoms with Gasteiger partial charge in [0.2, 0.25) is 11.7 Å². The third-order valence-corrected chi connectivity index (χ3v) is 5.62. The van der Waals surface area contributed by atoms with E-state index in [0.717, 1.165) is 48.3 Å². The van der Waals surface area contributed by atoms with Gasteiger partial charge in [-0.1, -0.05) is 0 Å². The lowest BCUT2D eigenvalue weighted by Crippen LogP contribution is -2.22. The molecule has 1 aromatic heterocycles.